The number of hydrogen-bond acceptors (Lipinski definition) is 5. The largest absolute Gasteiger partial charge is 0.423 e. The van der Waals surface area contributed by atoms with Gasteiger partial charge in [0.05, 0.1) is 6.04 Å². The van der Waals surface area contributed by atoms with Crippen LogP contribution in [0.5, 0.6) is 0 Å². The number of aryl methyl sites for hydroxylation is 1. The van der Waals surface area contributed by atoms with Crippen LogP contribution in [0.25, 0.3) is 11.0 Å². The molecule has 112 valence electrons. The van der Waals surface area contributed by atoms with Crippen LogP contribution in [0.3, 0.4) is 0 Å². The summed E-state index contributed by atoms with van der Waals surface area (Å²) in [5.41, 5.74) is 12.6. The zero-order chi connectivity index (χ0) is 15.4. The Kier molecular flexibility index (Phi) is 4.72. The van der Waals surface area contributed by atoms with Gasteiger partial charge in [-0.2, -0.15) is 0 Å². The number of anilines is 1. The zero-order valence-corrected chi connectivity index (χ0v) is 11.9. The van der Waals surface area contributed by atoms with E-state index < -0.39 is 11.7 Å². The van der Waals surface area contributed by atoms with E-state index >= 15 is 0 Å². The number of carbonyl (C=O) groups is 1. The molecule has 1 aromatic carbocycles. The molecule has 2 rings (SSSR count). The summed E-state index contributed by atoms with van der Waals surface area (Å²) in [4.78, 5) is 23.3. The van der Waals surface area contributed by atoms with Crippen molar-refractivity contribution in [1.82, 2.24) is 0 Å². The van der Waals surface area contributed by atoms with Gasteiger partial charge in [-0.05, 0) is 44.0 Å². The highest BCUT2D eigenvalue weighted by Crippen LogP contribution is 2.20. The van der Waals surface area contributed by atoms with Gasteiger partial charge in [-0.1, -0.05) is 0 Å². The summed E-state index contributed by atoms with van der Waals surface area (Å²) in [6.07, 6.45) is 1.23. The molecule has 0 spiro atoms. The topological polar surface area (TPSA) is 111 Å². The Morgan fingerprint density at radius 2 is 2.14 bits per heavy atom. The maximum Gasteiger partial charge on any atom is 0.336 e. The maximum atomic E-state index is 11.9. The van der Waals surface area contributed by atoms with E-state index in [2.05, 4.69) is 5.32 Å². The number of carbonyl (C=O) groups excluding carboxylic acids is 1. The van der Waals surface area contributed by atoms with Crippen molar-refractivity contribution in [2.24, 2.45) is 11.5 Å². The maximum absolute atomic E-state index is 11.9. The van der Waals surface area contributed by atoms with E-state index in [9.17, 15) is 9.59 Å². The van der Waals surface area contributed by atoms with Crippen molar-refractivity contribution in [1.29, 1.82) is 0 Å². The summed E-state index contributed by atoms with van der Waals surface area (Å²) >= 11 is 0. The molecular formula is C15H19N3O3. The van der Waals surface area contributed by atoms with Gasteiger partial charge in [-0.15, -0.1) is 0 Å². The fourth-order valence-electron chi connectivity index (χ4n) is 2.11. The minimum Gasteiger partial charge on any atom is -0.423 e. The van der Waals surface area contributed by atoms with Crippen LogP contribution < -0.4 is 22.4 Å². The third-order valence-corrected chi connectivity index (χ3v) is 3.27. The summed E-state index contributed by atoms with van der Waals surface area (Å²) in [5, 5.41) is 3.55. The summed E-state index contributed by atoms with van der Waals surface area (Å²) < 4.78 is 5.14. The number of nitrogens with one attached hydrogen (secondary N) is 1. The van der Waals surface area contributed by atoms with E-state index in [1.807, 2.05) is 6.92 Å². The molecule has 0 aliphatic carbocycles. The average Bonchev–Trinajstić information content (AvgIpc) is 2.44. The summed E-state index contributed by atoms with van der Waals surface area (Å²) in [5.74, 6) is -0.280. The summed E-state index contributed by atoms with van der Waals surface area (Å²) in [7, 11) is 0. The van der Waals surface area contributed by atoms with Crippen LogP contribution in [0.1, 0.15) is 18.4 Å². The molecule has 1 amide bonds. The normalized spacial score (nSPS) is 12.3. The zero-order valence-electron chi connectivity index (χ0n) is 11.9. The van der Waals surface area contributed by atoms with Gasteiger partial charge >= 0.3 is 5.63 Å². The molecule has 5 N–H and O–H groups in total. The second kappa shape index (κ2) is 6.51. The van der Waals surface area contributed by atoms with Crippen LogP contribution in [0, 0.1) is 6.92 Å². The molecule has 1 unspecified atom stereocenters. The van der Waals surface area contributed by atoms with E-state index in [4.69, 9.17) is 15.9 Å². The number of benzene rings is 1. The van der Waals surface area contributed by atoms with Crippen LogP contribution in [0.4, 0.5) is 5.69 Å². The highest BCUT2D eigenvalue weighted by Gasteiger charge is 2.13. The molecule has 21 heavy (non-hydrogen) atoms. The first kappa shape index (κ1) is 15.2. The van der Waals surface area contributed by atoms with Gasteiger partial charge in [-0.25, -0.2) is 4.79 Å². The van der Waals surface area contributed by atoms with Gasteiger partial charge in [0, 0.05) is 23.2 Å². The second-order valence-electron chi connectivity index (χ2n) is 4.99. The minimum absolute atomic E-state index is 0.280. The van der Waals surface area contributed by atoms with Crippen LogP contribution in [0.15, 0.2) is 33.5 Å². The molecule has 6 heteroatoms. The molecule has 1 heterocycles. The van der Waals surface area contributed by atoms with E-state index in [0.29, 0.717) is 30.7 Å². The van der Waals surface area contributed by atoms with Crippen molar-refractivity contribution >= 4 is 22.6 Å². The predicted octanol–water partition coefficient (Wildman–Crippen LogP) is 1.11. The van der Waals surface area contributed by atoms with Crippen molar-refractivity contribution in [3.05, 3.63) is 40.2 Å². The SMILES string of the molecule is Cc1cc(=O)oc2cc(NC(=O)C(N)CCCN)ccc12. The molecule has 1 aromatic heterocycles. The number of amides is 1. The molecule has 0 radical (unpaired) electrons. The molecule has 1 atom stereocenters. The van der Waals surface area contributed by atoms with Crippen molar-refractivity contribution in [2.75, 3.05) is 11.9 Å². The van der Waals surface area contributed by atoms with Crippen LogP contribution >= 0.6 is 0 Å². The van der Waals surface area contributed by atoms with E-state index in [-0.39, 0.29) is 5.91 Å². The Morgan fingerprint density at radius 1 is 1.38 bits per heavy atom. The summed E-state index contributed by atoms with van der Waals surface area (Å²) in [6.45, 7) is 2.33. The highest BCUT2D eigenvalue weighted by molar-refractivity contribution is 5.96. The first-order chi connectivity index (χ1) is 10.0. The standard InChI is InChI=1S/C15H19N3O3/c1-9-7-14(19)21-13-8-10(4-5-11(9)13)18-15(20)12(17)3-2-6-16/h4-5,7-8,12H,2-3,6,16-17H2,1H3,(H,18,20). The average molecular weight is 289 g/mol. The van der Waals surface area contributed by atoms with Crippen molar-refractivity contribution in [2.45, 2.75) is 25.8 Å². The number of nitrogens with two attached hydrogens (primary N) is 2. The number of fused-ring (bicyclic) bond motifs is 1. The second-order valence-corrected chi connectivity index (χ2v) is 4.99. The van der Waals surface area contributed by atoms with Gasteiger partial charge in [0.15, 0.2) is 0 Å². The van der Waals surface area contributed by atoms with Gasteiger partial charge < -0.3 is 21.2 Å². The van der Waals surface area contributed by atoms with Gasteiger partial charge in [0.1, 0.15) is 5.58 Å². The Balaban J connectivity index is 2.20. The lowest BCUT2D eigenvalue weighted by molar-refractivity contribution is -0.117. The molecule has 0 saturated heterocycles. The Morgan fingerprint density at radius 3 is 2.86 bits per heavy atom. The van der Waals surface area contributed by atoms with Gasteiger partial charge in [0.25, 0.3) is 0 Å². The van der Waals surface area contributed by atoms with E-state index in [0.717, 1.165) is 10.9 Å². The van der Waals surface area contributed by atoms with Crippen LogP contribution in [0.2, 0.25) is 0 Å². The predicted molar refractivity (Wildman–Crippen MR) is 82.1 cm³/mol. The molecule has 6 nitrogen and oxygen atoms in total. The molecule has 2 aromatic rings. The first-order valence-corrected chi connectivity index (χ1v) is 6.82. The molecule has 0 saturated carbocycles. The van der Waals surface area contributed by atoms with Crippen LogP contribution in [-0.4, -0.2) is 18.5 Å². The fourth-order valence-corrected chi connectivity index (χ4v) is 2.11. The number of hydrogen-bond donors (Lipinski definition) is 3. The lowest BCUT2D eigenvalue weighted by Gasteiger charge is -2.12. The molecule has 0 fully saturated rings. The Labute approximate surface area is 122 Å². The quantitative estimate of drug-likeness (QED) is 0.714. The van der Waals surface area contributed by atoms with Crippen LogP contribution in [-0.2, 0) is 4.79 Å². The van der Waals surface area contributed by atoms with Crippen molar-refractivity contribution in [3.8, 4) is 0 Å². The van der Waals surface area contributed by atoms with E-state index in [1.54, 1.807) is 18.2 Å². The molecule has 0 aliphatic rings. The van der Waals surface area contributed by atoms with Crippen molar-refractivity contribution in [3.63, 3.8) is 0 Å². The minimum atomic E-state index is -0.603. The lowest BCUT2D eigenvalue weighted by atomic mass is 10.1. The third-order valence-electron chi connectivity index (χ3n) is 3.27. The first-order valence-electron chi connectivity index (χ1n) is 6.82. The number of rotatable bonds is 5. The smallest absolute Gasteiger partial charge is 0.336 e. The Bertz CT molecular complexity index is 709. The van der Waals surface area contributed by atoms with Crippen molar-refractivity contribution < 1.29 is 9.21 Å². The molecule has 0 bridgehead atoms. The molecule has 0 aliphatic heterocycles. The monoisotopic (exact) mass is 289 g/mol. The van der Waals surface area contributed by atoms with Gasteiger partial charge in [-0.3, -0.25) is 4.79 Å². The molecular weight excluding hydrogens is 270 g/mol. The van der Waals surface area contributed by atoms with Gasteiger partial charge in [0.2, 0.25) is 5.91 Å². The fraction of sp³-hybridized carbons (Fsp3) is 0.333. The van der Waals surface area contributed by atoms with E-state index in [1.165, 1.54) is 6.07 Å². The Hall–Kier alpha value is -2.18. The summed E-state index contributed by atoms with van der Waals surface area (Å²) in [6, 6.07) is 6.01. The highest BCUT2D eigenvalue weighted by atomic mass is 16.4. The third kappa shape index (κ3) is 3.68. The lowest BCUT2D eigenvalue weighted by Crippen LogP contribution is -2.35.